The van der Waals surface area contributed by atoms with Crippen molar-refractivity contribution >= 4 is 17.5 Å². The molecule has 1 aliphatic carbocycles. The van der Waals surface area contributed by atoms with E-state index in [0.717, 1.165) is 55.9 Å². The Bertz CT molecular complexity index is 570. The van der Waals surface area contributed by atoms with E-state index in [-0.39, 0.29) is 11.3 Å². The normalized spacial score (nSPS) is 21.6. The number of piperidine rings is 1. The van der Waals surface area contributed by atoms with Gasteiger partial charge >= 0.3 is 0 Å². The number of nitrogens with one attached hydrogen (secondary N) is 1. The molecule has 3 nitrogen and oxygen atoms in total. The molecule has 1 amide bonds. The van der Waals surface area contributed by atoms with Crippen LogP contribution in [0.3, 0.4) is 0 Å². The molecule has 1 aromatic carbocycles. The number of hydrogen-bond acceptors (Lipinski definition) is 2. The number of hydrogen-bond donors (Lipinski definition) is 1. The van der Waals surface area contributed by atoms with Gasteiger partial charge in [0.25, 0.3) is 0 Å². The number of carbonyl (C=O) groups excluding carboxylic acids is 1. The van der Waals surface area contributed by atoms with Gasteiger partial charge < -0.3 is 10.2 Å². The van der Waals surface area contributed by atoms with E-state index in [9.17, 15) is 4.79 Å². The molecule has 1 heterocycles. The van der Waals surface area contributed by atoms with Crippen molar-refractivity contribution in [1.29, 1.82) is 0 Å². The summed E-state index contributed by atoms with van der Waals surface area (Å²) in [4.78, 5) is 15.6. The summed E-state index contributed by atoms with van der Waals surface area (Å²) in [5, 5.41) is 4.03. The van der Waals surface area contributed by atoms with E-state index in [1.807, 2.05) is 24.3 Å². The van der Waals surface area contributed by atoms with E-state index in [0.29, 0.717) is 12.0 Å². The predicted molar refractivity (Wildman–Crippen MR) is 104 cm³/mol. The summed E-state index contributed by atoms with van der Waals surface area (Å²) >= 11 is 6.04. The summed E-state index contributed by atoms with van der Waals surface area (Å²) in [7, 11) is 0. The molecule has 1 N–H and O–H groups in total. The van der Waals surface area contributed by atoms with Gasteiger partial charge in [0.2, 0.25) is 5.91 Å². The number of carbonyl (C=O) groups is 1. The smallest absolute Gasteiger partial charge is 0.230 e. The van der Waals surface area contributed by atoms with Gasteiger partial charge in [0.1, 0.15) is 0 Å². The first-order valence-electron chi connectivity index (χ1n) is 9.80. The maximum absolute atomic E-state index is 13.1. The number of nitrogens with zero attached hydrogens (tertiary/aromatic N) is 1. The van der Waals surface area contributed by atoms with Crippen LogP contribution in [0.15, 0.2) is 24.3 Å². The van der Waals surface area contributed by atoms with E-state index in [1.165, 1.54) is 12.8 Å². The van der Waals surface area contributed by atoms with Crippen molar-refractivity contribution in [2.75, 3.05) is 19.6 Å². The third-order valence-corrected chi connectivity index (χ3v) is 6.47. The number of halogens is 1. The largest absolute Gasteiger partial charge is 0.355 e. The van der Waals surface area contributed by atoms with Crippen molar-refractivity contribution in [2.45, 2.75) is 63.8 Å². The maximum Gasteiger partial charge on any atom is 0.230 e. The average molecular weight is 363 g/mol. The van der Waals surface area contributed by atoms with Gasteiger partial charge in [-0.2, -0.15) is 0 Å². The van der Waals surface area contributed by atoms with Gasteiger partial charge in [0, 0.05) is 17.6 Å². The lowest BCUT2D eigenvalue weighted by atomic mass is 9.78. The van der Waals surface area contributed by atoms with Crippen molar-refractivity contribution < 1.29 is 4.79 Å². The highest BCUT2D eigenvalue weighted by Gasteiger charge is 2.42. The summed E-state index contributed by atoms with van der Waals surface area (Å²) < 4.78 is 0. The first-order valence-corrected chi connectivity index (χ1v) is 10.2. The lowest BCUT2D eigenvalue weighted by molar-refractivity contribution is -0.126. The molecule has 0 radical (unpaired) electrons. The Morgan fingerprint density at radius 1 is 1.20 bits per heavy atom. The number of benzene rings is 1. The lowest BCUT2D eigenvalue weighted by Gasteiger charge is -2.35. The summed E-state index contributed by atoms with van der Waals surface area (Å²) in [6.07, 6.45) is 6.53. The zero-order valence-electron chi connectivity index (χ0n) is 15.6. The third kappa shape index (κ3) is 4.20. The van der Waals surface area contributed by atoms with E-state index < -0.39 is 0 Å². The molecule has 0 spiro atoms. The second kappa shape index (κ2) is 8.09. The molecule has 0 bridgehead atoms. The van der Waals surface area contributed by atoms with Gasteiger partial charge in [-0.3, -0.25) is 4.79 Å². The van der Waals surface area contributed by atoms with Crippen molar-refractivity contribution in [3.8, 4) is 0 Å². The first kappa shape index (κ1) is 18.7. The minimum atomic E-state index is -0.344. The van der Waals surface area contributed by atoms with E-state index in [4.69, 9.17) is 11.6 Å². The second-order valence-electron chi connectivity index (χ2n) is 8.08. The Hall–Kier alpha value is -1.06. The number of rotatable bonds is 5. The molecule has 1 saturated heterocycles. The van der Waals surface area contributed by atoms with Gasteiger partial charge in [-0.05, 0) is 76.2 Å². The molecule has 25 heavy (non-hydrogen) atoms. The van der Waals surface area contributed by atoms with Gasteiger partial charge in [-0.15, -0.1) is 0 Å². The molecule has 1 saturated carbocycles. The molecule has 4 heteroatoms. The average Bonchev–Trinajstić information content (AvgIpc) is 3.11. The fourth-order valence-electron chi connectivity index (χ4n) is 4.47. The maximum atomic E-state index is 13.1. The van der Waals surface area contributed by atoms with Crippen LogP contribution in [-0.2, 0) is 10.2 Å². The van der Waals surface area contributed by atoms with Crippen LogP contribution >= 0.6 is 11.6 Å². The van der Waals surface area contributed by atoms with Crippen LogP contribution < -0.4 is 5.32 Å². The molecule has 2 aliphatic rings. The van der Waals surface area contributed by atoms with Gasteiger partial charge in [-0.25, -0.2) is 0 Å². The number of amides is 1. The van der Waals surface area contributed by atoms with E-state index in [2.05, 4.69) is 24.1 Å². The van der Waals surface area contributed by atoms with Gasteiger partial charge in [-0.1, -0.05) is 36.6 Å². The minimum Gasteiger partial charge on any atom is -0.355 e. The Morgan fingerprint density at radius 3 is 2.36 bits per heavy atom. The molecular weight excluding hydrogens is 332 g/mol. The van der Waals surface area contributed by atoms with Crippen LogP contribution in [-0.4, -0.2) is 36.5 Å². The Morgan fingerprint density at radius 2 is 1.80 bits per heavy atom. The molecule has 0 unspecified atom stereocenters. The molecular formula is C21H31ClN2O. The molecule has 2 fully saturated rings. The first-order chi connectivity index (χ1) is 12.0. The second-order valence-corrected chi connectivity index (χ2v) is 8.52. The van der Waals surface area contributed by atoms with Gasteiger partial charge in [0.15, 0.2) is 0 Å². The SMILES string of the molecule is CC(C)N1CCC(CNC(=O)C2(c3ccc(Cl)cc3)CCCC2)CC1. The van der Waals surface area contributed by atoms with Crippen molar-refractivity contribution in [1.82, 2.24) is 10.2 Å². The van der Waals surface area contributed by atoms with Crippen LogP contribution in [0.5, 0.6) is 0 Å². The lowest BCUT2D eigenvalue weighted by Crippen LogP contribution is -2.46. The highest BCUT2D eigenvalue weighted by molar-refractivity contribution is 6.30. The zero-order valence-corrected chi connectivity index (χ0v) is 16.3. The molecule has 1 aliphatic heterocycles. The fourth-order valence-corrected chi connectivity index (χ4v) is 4.60. The Balaban J connectivity index is 1.60. The summed E-state index contributed by atoms with van der Waals surface area (Å²) in [6.45, 7) is 7.65. The summed E-state index contributed by atoms with van der Waals surface area (Å²) in [6, 6.07) is 8.52. The molecule has 0 aromatic heterocycles. The van der Waals surface area contributed by atoms with Gasteiger partial charge in [0.05, 0.1) is 5.41 Å². The highest BCUT2D eigenvalue weighted by atomic mass is 35.5. The number of likely N-dealkylation sites (tertiary alicyclic amines) is 1. The van der Waals surface area contributed by atoms with Crippen molar-refractivity contribution in [2.24, 2.45) is 5.92 Å². The zero-order chi connectivity index (χ0) is 17.9. The molecule has 138 valence electrons. The topological polar surface area (TPSA) is 32.3 Å². The standard InChI is InChI=1S/C21H31ClN2O/c1-16(2)24-13-9-17(10-14-24)15-23-20(25)21(11-3-4-12-21)18-5-7-19(22)8-6-18/h5-8,16-17H,3-4,9-15H2,1-2H3,(H,23,25). The van der Waals surface area contributed by atoms with Crippen LogP contribution in [0.2, 0.25) is 5.02 Å². The molecule has 1 aromatic rings. The Labute approximate surface area is 157 Å². The summed E-state index contributed by atoms with van der Waals surface area (Å²) in [5.74, 6) is 0.834. The molecule has 3 rings (SSSR count). The predicted octanol–water partition coefficient (Wildman–Crippen LogP) is 4.39. The molecule has 0 atom stereocenters. The van der Waals surface area contributed by atoms with E-state index in [1.54, 1.807) is 0 Å². The third-order valence-electron chi connectivity index (χ3n) is 6.22. The highest BCUT2D eigenvalue weighted by Crippen LogP contribution is 2.41. The Kier molecular flexibility index (Phi) is 6.06. The van der Waals surface area contributed by atoms with Crippen molar-refractivity contribution in [3.63, 3.8) is 0 Å². The summed E-state index contributed by atoms with van der Waals surface area (Å²) in [5.41, 5.74) is 0.782. The fraction of sp³-hybridized carbons (Fsp3) is 0.667. The van der Waals surface area contributed by atoms with Crippen LogP contribution in [0.25, 0.3) is 0 Å². The van der Waals surface area contributed by atoms with Crippen LogP contribution in [0, 0.1) is 5.92 Å². The van der Waals surface area contributed by atoms with E-state index >= 15 is 0 Å². The quantitative estimate of drug-likeness (QED) is 0.842. The van der Waals surface area contributed by atoms with Crippen LogP contribution in [0.4, 0.5) is 0 Å². The minimum absolute atomic E-state index is 0.221. The monoisotopic (exact) mass is 362 g/mol. The van der Waals surface area contributed by atoms with Crippen LogP contribution in [0.1, 0.15) is 57.9 Å². The van der Waals surface area contributed by atoms with Crippen molar-refractivity contribution in [3.05, 3.63) is 34.9 Å².